The van der Waals surface area contributed by atoms with E-state index in [1.807, 2.05) is 41.8 Å². The van der Waals surface area contributed by atoms with Crippen LogP contribution in [0, 0.1) is 0 Å². The summed E-state index contributed by atoms with van der Waals surface area (Å²) in [6.07, 6.45) is 3.45. The second-order valence-electron chi connectivity index (χ2n) is 4.87. The molecule has 1 atom stereocenters. The number of allylic oxidation sites excluding steroid dienone is 1. The van der Waals surface area contributed by atoms with E-state index in [4.69, 9.17) is 0 Å². The Kier molecular flexibility index (Phi) is 6.17. The van der Waals surface area contributed by atoms with Gasteiger partial charge in [-0.1, -0.05) is 54.2 Å². The summed E-state index contributed by atoms with van der Waals surface area (Å²) in [6.45, 7) is 10.3. The molecular formula is C17H20N4OS. The zero-order valence-corrected chi connectivity index (χ0v) is 13.9. The van der Waals surface area contributed by atoms with Crippen LogP contribution in [0.2, 0.25) is 0 Å². The van der Waals surface area contributed by atoms with Gasteiger partial charge in [-0.2, -0.15) is 0 Å². The molecule has 2 rings (SSSR count). The normalized spacial score (nSPS) is 11.7. The molecule has 6 heteroatoms. The van der Waals surface area contributed by atoms with Crippen molar-refractivity contribution in [1.29, 1.82) is 0 Å². The molecule has 1 aromatic heterocycles. The zero-order valence-electron chi connectivity index (χ0n) is 13.1. The zero-order chi connectivity index (χ0) is 16.7. The van der Waals surface area contributed by atoms with Gasteiger partial charge in [0.05, 0.1) is 5.25 Å². The molecule has 0 aliphatic carbocycles. The molecular weight excluding hydrogens is 308 g/mol. The van der Waals surface area contributed by atoms with Crippen LogP contribution in [0.5, 0.6) is 0 Å². The number of rotatable bonds is 8. The maximum Gasteiger partial charge on any atom is 0.233 e. The lowest BCUT2D eigenvalue weighted by Gasteiger charge is -2.12. The van der Waals surface area contributed by atoms with Gasteiger partial charge in [0, 0.05) is 18.7 Å². The first-order valence-electron chi connectivity index (χ1n) is 7.32. The van der Waals surface area contributed by atoms with Crippen LogP contribution in [0.4, 0.5) is 0 Å². The lowest BCUT2D eigenvalue weighted by Crippen LogP contribution is -2.31. The summed E-state index contributed by atoms with van der Waals surface area (Å²) in [5, 5.41) is 11.7. The summed E-state index contributed by atoms with van der Waals surface area (Å²) in [5.41, 5.74) is 0.984. The molecule has 0 bridgehead atoms. The van der Waals surface area contributed by atoms with E-state index in [9.17, 15) is 4.79 Å². The van der Waals surface area contributed by atoms with E-state index in [1.54, 1.807) is 12.2 Å². The molecule has 0 aliphatic rings. The Morgan fingerprint density at radius 3 is 2.70 bits per heavy atom. The molecule has 23 heavy (non-hydrogen) atoms. The molecule has 0 fully saturated rings. The average molecular weight is 328 g/mol. The maximum atomic E-state index is 12.0. The maximum absolute atomic E-state index is 12.0. The molecule has 0 saturated carbocycles. The number of amides is 1. The van der Waals surface area contributed by atoms with Crippen molar-refractivity contribution in [3.8, 4) is 11.4 Å². The second kappa shape index (κ2) is 8.33. The van der Waals surface area contributed by atoms with E-state index < -0.39 is 0 Å². The van der Waals surface area contributed by atoms with Crippen LogP contribution >= 0.6 is 11.8 Å². The summed E-state index contributed by atoms with van der Waals surface area (Å²) in [4.78, 5) is 12.0. The second-order valence-corrected chi connectivity index (χ2v) is 6.17. The Bertz CT molecular complexity index is 681. The summed E-state index contributed by atoms with van der Waals surface area (Å²) in [6, 6.07) is 9.84. The monoisotopic (exact) mass is 328 g/mol. The third kappa shape index (κ3) is 4.32. The smallest absolute Gasteiger partial charge is 0.233 e. The standard InChI is InChI=1S/C17H20N4OS/c1-4-11-18-16(22)13(3)23-17-20-19-15(21(17)12-5-2)14-9-7-6-8-10-14/h4-10,13H,1-2,11-12H2,3H3,(H,18,22). The van der Waals surface area contributed by atoms with Crippen LogP contribution in [0.15, 0.2) is 60.8 Å². The highest BCUT2D eigenvalue weighted by Crippen LogP contribution is 2.26. The molecule has 1 N–H and O–H groups in total. The van der Waals surface area contributed by atoms with Gasteiger partial charge < -0.3 is 5.32 Å². The van der Waals surface area contributed by atoms with Crippen LogP contribution in [0.3, 0.4) is 0 Å². The highest BCUT2D eigenvalue weighted by molar-refractivity contribution is 8.00. The van der Waals surface area contributed by atoms with Crippen molar-refractivity contribution in [2.45, 2.75) is 23.9 Å². The van der Waals surface area contributed by atoms with Crippen LogP contribution in [0.1, 0.15) is 6.92 Å². The number of hydrogen-bond acceptors (Lipinski definition) is 4. The fourth-order valence-electron chi connectivity index (χ4n) is 2.00. The Morgan fingerprint density at radius 2 is 2.04 bits per heavy atom. The fraction of sp³-hybridized carbons (Fsp3) is 0.235. The topological polar surface area (TPSA) is 59.8 Å². The number of carbonyl (C=O) groups is 1. The number of aromatic nitrogens is 3. The Balaban J connectivity index is 2.22. The third-order valence-electron chi connectivity index (χ3n) is 3.13. The molecule has 1 aromatic carbocycles. The van der Waals surface area contributed by atoms with Crippen molar-refractivity contribution in [3.63, 3.8) is 0 Å². The van der Waals surface area contributed by atoms with Crippen molar-refractivity contribution in [2.75, 3.05) is 6.54 Å². The van der Waals surface area contributed by atoms with Crippen LogP contribution < -0.4 is 5.32 Å². The predicted octanol–water partition coefficient (Wildman–Crippen LogP) is 2.91. The van der Waals surface area contributed by atoms with Gasteiger partial charge in [0.1, 0.15) is 0 Å². The molecule has 0 saturated heterocycles. The largest absolute Gasteiger partial charge is 0.352 e. The number of nitrogens with zero attached hydrogens (tertiary/aromatic N) is 3. The average Bonchev–Trinajstić information content (AvgIpc) is 2.96. The summed E-state index contributed by atoms with van der Waals surface area (Å²) >= 11 is 1.38. The van der Waals surface area contributed by atoms with Gasteiger partial charge in [-0.05, 0) is 6.92 Å². The highest BCUT2D eigenvalue weighted by atomic mass is 32.2. The number of nitrogens with one attached hydrogen (secondary N) is 1. The highest BCUT2D eigenvalue weighted by Gasteiger charge is 2.19. The van der Waals surface area contributed by atoms with Crippen molar-refractivity contribution in [3.05, 3.63) is 55.6 Å². The van der Waals surface area contributed by atoms with Gasteiger partial charge in [0.15, 0.2) is 11.0 Å². The van der Waals surface area contributed by atoms with Crippen molar-refractivity contribution < 1.29 is 4.79 Å². The van der Waals surface area contributed by atoms with Crippen LogP contribution in [-0.2, 0) is 11.3 Å². The lowest BCUT2D eigenvalue weighted by atomic mass is 10.2. The van der Waals surface area contributed by atoms with Gasteiger partial charge in [0.2, 0.25) is 5.91 Å². The first kappa shape index (κ1) is 17.0. The van der Waals surface area contributed by atoms with Gasteiger partial charge >= 0.3 is 0 Å². The molecule has 0 aliphatic heterocycles. The SMILES string of the molecule is C=CCNC(=O)C(C)Sc1nnc(-c2ccccc2)n1CC=C. The molecule has 1 heterocycles. The number of carbonyl (C=O) groups excluding carboxylic acids is 1. The first-order chi connectivity index (χ1) is 11.2. The minimum atomic E-state index is -0.272. The molecule has 0 spiro atoms. The van der Waals surface area contributed by atoms with Crippen LogP contribution in [-0.4, -0.2) is 32.5 Å². The van der Waals surface area contributed by atoms with Crippen molar-refractivity contribution in [2.24, 2.45) is 0 Å². The Morgan fingerprint density at radius 1 is 1.30 bits per heavy atom. The molecule has 1 amide bonds. The minimum Gasteiger partial charge on any atom is -0.352 e. The van der Waals surface area contributed by atoms with E-state index in [0.717, 1.165) is 11.4 Å². The Hall–Kier alpha value is -2.34. The lowest BCUT2D eigenvalue weighted by molar-refractivity contribution is -0.120. The van der Waals surface area contributed by atoms with E-state index in [1.165, 1.54) is 11.8 Å². The van der Waals surface area contributed by atoms with Gasteiger partial charge in [-0.3, -0.25) is 9.36 Å². The van der Waals surface area contributed by atoms with Gasteiger partial charge in [-0.25, -0.2) is 0 Å². The quantitative estimate of drug-likeness (QED) is 0.598. The van der Waals surface area contributed by atoms with E-state index in [0.29, 0.717) is 18.2 Å². The van der Waals surface area contributed by atoms with E-state index in [-0.39, 0.29) is 11.2 Å². The fourth-order valence-corrected chi connectivity index (χ4v) is 2.88. The first-order valence-corrected chi connectivity index (χ1v) is 8.20. The van der Waals surface area contributed by atoms with Crippen molar-refractivity contribution >= 4 is 17.7 Å². The van der Waals surface area contributed by atoms with Gasteiger partial charge in [0.25, 0.3) is 0 Å². The molecule has 2 aromatic rings. The Labute approximate surface area is 140 Å². The third-order valence-corrected chi connectivity index (χ3v) is 4.21. The van der Waals surface area contributed by atoms with Crippen LogP contribution in [0.25, 0.3) is 11.4 Å². The van der Waals surface area contributed by atoms with Crippen molar-refractivity contribution in [1.82, 2.24) is 20.1 Å². The summed E-state index contributed by atoms with van der Waals surface area (Å²) < 4.78 is 1.96. The summed E-state index contributed by atoms with van der Waals surface area (Å²) in [5.74, 6) is 0.719. The predicted molar refractivity (Wildman–Crippen MR) is 94.2 cm³/mol. The van der Waals surface area contributed by atoms with E-state index in [2.05, 4.69) is 28.7 Å². The number of hydrogen-bond donors (Lipinski definition) is 1. The number of benzene rings is 1. The molecule has 120 valence electrons. The number of thioether (sulfide) groups is 1. The van der Waals surface area contributed by atoms with Gasteiger partial charge in [-0.15, -0.1) is 23.4 Å². The minimum absolute atomic E-state index is 0.0516. The molecule has 5 nitrogen and oxygen atoms in total. The summed E-state index contributed by atoms with van der Waals surface area (Å²) in [7, 11) is 0. The molecule has 0 radical (unpaired) electrons. The van der Waals surface area contributed by atoms with E-state index >= 15 is 0 Å². The molecule has 1 unspecified atom stereocenters.